The molecule has 2 fully saturated rings. The zero-order valence-corrected chi connectivity index (χ0v) is 22.5. The van der Waals surface area contributed by atoms with Crippen LogP contribution in [-0.4, -0.2) is 59.4 Å². The molecule has 0 bridgehead atoms. The second-order valence-electron chi connectivity index (χ2n) is 11.9. The Kier molecular flexibility index (Phi) is 6.65. The highest BCUT2D eigenvalue weighted by atomic mass is 28.4. The van der Waals surface area contributed by atoms with E-state index >= 15 is 0 Å². The third-order valence-electron chi connectivity index (χ3n) is 6.97. The fraction of sp³-hybridized carbons (Fsp3) is 0.952. The molecule has 2 rings (SSSR count). The number of ether oxygens (including phenoxy) is 3. The molecule has 0 aromatic carbocycles. The third-order valence-corrected chi connectivity index (χ3v) is 15.9. The molecule has 0 saturated carbocycles. The first kappa shape index (κ1) is 25.0. The molecular formula is C21H42O6Si2. The monoisotopic (exact) mass is 446 g/mol. The van der Waals surface area contributed by atoms with E-state index < -0.39 is 46.8 Å². The van der Waals surface area contributed by atoms with E-state index in [1.165, 1.54) is 0 Å². The van der Waals surface area contributed by atoms with Crippen LogP contribution < -0.4 is 0 Å². The molecule has 0 aliphatic carbocycles. The van der Waals surface area contributed by atoms with Crippen molar-refractivity contribution in [3.63, 3.8) is 0 Å². The van der Waals surface area contributed by atoms with E-state index in [1.54, 1.807) is 0 Å². The molecule has 0 aromatic heterocycles. The summed E-state index contributed by atoms with van der Waals surface area (Å²) in [6.07, 6.45) is -2.17. The quantitative estimate of drug-likeness (QED) is 0.444. The summed E-state index contributed by atoms with van der Waals surface area (Å²) in [4.78, 5) is 12.7. The fourth-order valence-electron chi connectivity index (χ4n) is 3.00. The smallest absolute Gasteiger partial charge is 0.338 e. The van der Waals surface area contributed by atoms with Gasteiger partial charge in [0.15, 0.2) is 34.6 Å². The molecule has 2 aliphatic heterocycles. The summed E-state index contributed by atoms with van der Waals surface area (Å²) in [7, 11) is -4.15. The second kappa shape index (κ2) is 7.71. The van der Waals surface area contributed by atoms with Gasteiger partial charge in [0.1, 0.15) is 12.2 Å². The van der Waals surface area contributed by atoms with Crippen molar-refractivity contribution in [1.29, 1.82) is 0 Å². The van der Waals surface area contributed by atoms with Crippen LogP contribution in [0.2, 0.25) is 36.3 Å². The summed E-state index contributed by atoms with van der Waals surface area (Å²) in [5, 5.41) is 0.0860. The van der Waals surface area contributed by atoms with E-state index in [9.17, 15) is 4.79 Å². The number of fused-ring (bicyclic) bond motifs is 1. The molecule has 0 radical (unpaired) electrons. The molecule has 29 heavy (non-hydrogen) atoms. The maximum absolute atomic E-state index is 12.7. The Hall–Kier alpha value is -0.256. The lowest BCUT2D eigenvalue weighted by Crippen LogP contribution is -2.61. The van der Waals surface area contributed by atoms with E-state index in [1.807, 2.05) is 13.8 Å². The van der Waals surface area contributed by atoms with Crippen molar-refractivity contribution in [3.8, 4) is 0 Å². The van der Waals surface area contributed by atoms with Crippen molar-refractivity contribution in [3.05, 3.63) is 0 Å². The first-order chi connectivity index (χ1) is 12.8. The minimum absolute atomic E-state index is 0.0176. The van der Waals surface area contributed by atoms with Gasteiger partial charge in [-0.05, 0) is 50.1 Å². The van der Waals surface area contributed by atoms with Gasteiger partial charge in [0, 0.05) is 0 Å². The van der Waals surface area contributed by atoms with Crippen LogP contribution in [0, 0.1) is 0 Å². The topological polar surface area (TPSA) is 63.2 Å². The minimum Gasteiger partial charge on any atom is -0.455 e. The van der Waals surface area contributed by atoms with Crippen LogP contribution in [-0.2, 0) is 27.9 Å². The van der Waals surface area contributed by atoms with Gasteiger partial charge >= 0.3 is 5.97 Å². The summed E-state index contributed by atoms with van der Waals surface area (Å²) in [5.41, 5.74) is 0. The van der Waals surface area contributed by atoms with Gasteiger partial charge in [0.05, 0.1) is 6.61 Å². The van der Waals surface area contributed by atoms with Crippen LogP contribution in [0.5, 0.6) is 0 Å². The van der Waals surface area contributed by atoms with Crippen LogP contribution >= 0.6 is 0 Å². The molecule has 4 atom stereocenters. The Morgan fingerprint density at radius 1 is 0.931 bits per heavy atom. The van der Waals surface area contributed by atoms with Gasteiger partial charge in [-0.1, -0.05) is 41.5 Å². The average molecular weight is 447 g/mol. The van der Waals surface area contributed by atoms with Crippen LogP contribution in [0.4, 0.5) is 0 Å². The van der Waals surface area contributed by atoms with E-state index in [4.69, 9.17) is 23.1 Å². The van der Waals surface area contributed by atoms with Crippen molar-refractivity contribution >= 4 is 22.6 Å². The molecule has 8 heteroatoms. The molecule has 0 spiro atoms. The van der Waals surface area contributed by atoms with Crippen molar-refractivity contribution in [2.75, 3.05) is 6.61 Å². The second-order valence-corrected chi connectivity index (χ2v) is 21.5. The van der Waals surface area contributed by atoms with Gasteiger partial charge in [0.25, 0.3) is 0 Å². The predicted octanol–water partition coefficient (Wildman–Crippen LogP) is 4.84. The molecule has 6 nitrogen and oxygen atoms in total. The van der Waals surface area contributed by atoms with Gasteiger partial charge in [-0.15, -0.1) is 0 Å². The maximum atomic E-state index is 12.7. The van der Waals surface area contributed by atoms with E-state index in [0.29, 0.717) is 6.61 Å². The highest BCUT2D eigenvalue weighted by molar-refractivity contribution is 6.74. The zero-order valence-electron chi connectivity index (χ0n) is 20.5. The maximum Gasteiger partial charge on any atom is 0.338 e. The Balaban J connectivity index is 2.31. The molecule has 0 unspecified atom stereocenters. The number of hydrogen-bond donors (Lipinski definition) is 0. The Morgan fingerprint density at radius 3 is 1.93 bits per heavy atom. The van der Waals surface area contributed by atoms with Crippen LogP contribution in [0.1, 0.15) is 55.4 Å². The number of carbonyl (C=O) groups excluding carboxylic acids is 1. The Morgan fingerprint density at radius 2 is 1.45 bits per heavy atom. The van der Waals surface area contributed by atoms with Crippen molar-refractivity contribution in [2.24, 2.45) is 0 Å². The number of rotatable bonds is 5. The van der Waals surface area contributed by atoms with Gasteiger partial charge in [-0.25, -0.2) is 4.79 Å². The van der Waals surface area contributed by atoms with E-state index in [-0.39, 0.29) is 16.0 Å². The summed E-state index contributed by atoms with van der Waals surface area (Å²) in [6, 6.07) is 0. The van der Waals surface area contributed by atoms with Crippen molar-refractivity contribution < 1.29 is 27.9 Å². The van der Waals surface area contributed by atoms with Crippen molar-refractivity contribution in [2.45, 2.75) is 122 Å². The first-order valence-electron chi connectivity index (χ1n) is 10.7. The normalized spacial score (nSPS) is 30.8. The highest BCUT2D eigenvalue weighted by Gasteiger charge is 2.58. The molecule has 2 aliphatic rings. The summed E-state index contributed by atoms with van der Waals surface area (Å²) in [6.45, 7) is 25.9. The molecule has 2 heterocycles. The first-order valence-corrected chi connectivity index (χ1v) is 16.5. The molecule has 0 N–H and O–H groups in total. The van der Waals surface area contributed by atoms with Gasteiger partial charge in [-0.3, -0.25) is 0 Å². The Labute approximate surface area is 179 Å². The number of carbonyl (C=O) groups is 1. The van der Waals surface area contributed by atoms with Gasteiger partial charge in [-0.2, -0.15) is 0 Å². The lowest BCUT2D eigenvalue weighted by Gasteiger charge is -2.46. The molecule has 0 amide bonds. The summed E-state index contributed by atoms with van der Waals surface area (Å²) in [5.74, 6) is -1.24. The standard InChI is InChI=1S/C21H42O6Si2/c1-19(2,3)28(9,10)23-13-14-15(27-29(11,12)20(4,5)6)16-17(18(22)24-14)26-21(7,8)25-16/h14-17H,13H2,1-12H3/t14-,15+,16-,17-/m1/s1. The molecule has 2 saturated heterocycles. The van der Waals surface area contributed by atoms with E-state index in [0.717, 1.165) is 0 Å². The minimum atomic E-state index is -2.14. The zero-order chi connectivity index (χ0) is 22.6. The van der Waals surface area contributed by atoms with E-state index in [2.05, 4.69) is 67.7 Å². The summed E-state index contributed by atoms with van der Waals surface area (Å²) >= 11 is 0. The lowest BCUT2D eigenvalue weighted by atomic mass is 10.0. The highest BCUT2D eigenvalue weighted by Crippen LogP contribution is 2.43. The van der Waals surface area contributed by atoms with Crippen molar-refractivity contribution in [1.82, 2.24) is 0 Å². The number of cyclic esters (lactones) is 1. The number of esters is 1. The SMILES string of the molecule is CC1(C)O[C@@H]2[C@@H](O[Si](C)(C)C(C)(C)C)[C@@H](CO[Si](C)(C)C(C)(C)C)OC(=O)[C@@H]2O1. The molecule has 0 aromatic rings. The van der Waals surface area contributed by atoms with Gasteiger partial charge in [0.2, 0.25) is 0 Å². The van der Waals surface area contributed by atoms with Crippen LogP contribution in [0.25, 0.3) is 0 Å². The Bertz CT molecular complexity index is 618. The van der Waals surface area contributed by atoms with Crippen LogP contribution in [0.3, 0.4) is 0 Å². The average Bonchev–Trinajstić information content (AvgIpc) is 2.82. The summed E-state index contributed by atoms with van der Waals surface area (Å²) < 4.78 is 31.0. The third kappa shape index (κ3) is 5.33. The van der Waals surface area contributed by atoms with Gasteiger partial charge < -0.3 is 23.1 Å². The van der Waals surface area contributed by atoms with Crippen LogP contribution in [0.15, 0.2) is 0 Å². The largest absolute Gasteiger partial charge is 0.455 e. The number of hydrogen-bond acceptors (Lipinski definition) is 6. The lowest BCUT2D eigenvalue weighted by molar-refractivity contribution is -0.187. The molecular weight excluding hydrogens is 404 g/mol. The predicted molar refractivity (Wildman–Crippen MR) is 119 cm³/mol. The molecule has 170 valence electrons. The fourth-order valence-corrected chi connectivity index (χ4v) is 5.34.